The standard InChI is InChI=1S/C31H34N8O4S/c1-43-30(41)20-36-31(42)26(37-29(44)19-22-11-16-34-27(18-22)24-9-3-6-14-33-24)10-4-7-15-35-28(40)21-39-17-12-25(38-39)23-8-2-5-13-32-23/h2-3,5-6,8-9,11-14,16-18,26H,4,7,10,15,19-21H2,1H3,(H,35,40)(H,36,42)(H,37,44)/t26-/m0/s1. The summed E-state index contributed by atoms with van der Waals surface area (Å²) in [5.74, 6) is -1.09. The molecule has 13 heteroatoms. The molecule has 0 bridgehead atoms. The Morgan fingerprint density at radius 2 is 1.61 bits per heavy atom. The molecule has 0 saturated carbocycles. The van der Waals surface area contributed by atoms with E-state index in [-0.39, 0.29) is 24.9 Å². The van der Waals surface area contributed by atoms with Gasteiger partial charge >= 0.3 is 5.97 Å². The number of rotatable bonds is 15. The summed E-state index contributed by atoms with van der Waals surface area (Å²) in [6, 6.07) is 16.1. The lowest BCUT2D eigenvalue weighted by atomic mass is 10.1. The van der Waals surface area contributed by atoms with Crippen molar-refractivity contribution in [2.24, 2.45) is 0 Å². The fraction of sp³-hybridized carbons (Fsp3) is 0.290. The predicted octanol–water partition coefficient (Wildman–Crippen LogP) is 2.51. The number of unbranched alkanes of at least 4 members (excludes halogenated alkanes) is 1. The number of hydrogen-bond acceptors (Lipinski definition) is 9. The zero-order valence-corrected chi connectivity index (χ0v) is 25.1. The van der Waals surface area contributed by atoms with Gasteiger partial charge in [-0.2, -0.15) is 5.10 Å². The van der Waals surface area contributed by atoms with Crippen LogP contribution >= 0.6 is 12.2 Å². The lowest BCUT2D eigenvalue weighted by Crippen LogP contribution is -2.48. The third kappa shape index (κ3) is 10.1. The highest BCUT2D eigenvalue weighted by Gasteiger charge is 2.20. The van der Waals surface area contributed by atoms with Gasteiger partial charge in [-0.15, -0.1) is 0 Å². The van der Waals surface area contributed by atoms with Gasteiger partial charge in [0.1, 0.15) is 24.8 Å². The molecule has 4 heterocycles. The van der Waals surface area contributed by atoms with Crippen molar-refractivity contribution < 1.29 is 19.1 Å². The van der Waals surface area contributed by atoms with Gasteiger partial charge in [0.15, 0.2) is 0 Å². The van der Waals surface area contributed by atoms with Crippen LogP contribution in [0.3, 0.4) is 0 Å². The molecule has 4 rings (SSSR count). The molecule has 0 aliphatic rings. The van der Waals surface area contributed by atoms with Crippen LogP contribution in [0.1, 0.15) is 24.8 Å². The Labute approximate surface area is 260 Å². The van der Waals surface area contributed by atoms with Crippen LogP contribution in [0.2, 0.25) is 0 Å². The number of esters is 1. The molecule has 0 aliphatic carbocycles. The van der Waals surface area contributed by atoms with Gasteiger partial charge in [0.25, 0.3) is 0 Å². The molecule has 2 amide bonds. The summed E-state index contributed by atoms with van der Waals surface area (Å²) in [7, 11) is 1.26. The average Bonchev–Trinajstić information content (AvgIpc) is 3.52. The van der Waals surface area contributed by atoms with Crippen LogP contribution in [0, 0.1) is 0 Å². The van der Waals surface area contributed by atoms with E-state index in [9.17, 15) is 14.4 Å². The van der Waals surface area contributed by atoms with Crippen LogP contribution < -0.4 is 16.0 Å². The Bertz CT molecular complexity index is 1550. The van der Waals surface area contributed by atoms with Crippen molar-refractivity contribution in [3.8, 4) is 22.8 Å². The molecular weight excluding hydrogens is 580 g/mol. The Hall–Kier alpha value is -5.04. The normalized spacial score (nSPS) is 11.3. The van der Waals surface area contributed by atoms with Crippen LogP contribution in [0.4, 0.5) is 0 Å². The highest BCUT2D eigenvalue weighted by Crippen LogP contribution is 2.16. The van der Waals surface area contributed by atoms with Crippen LogP contribution in [0.5, 0.6) is 0 Å². The summed E-state index contributed by atoms with van der Waals surface area (Å²) < 4.78 is 6.19. The Morgan fingerprint density at radius 3 is 2.32 bits per heavy atom. The molecular formula is C31H34N8O4S. The molecule has 0 saturated heterocycles. The quantitative estimate of drug-likeness (QED) is 0.103. The van der Waals surface area contributed by atoms with Crippen molar-refractivity contribution in [1.82, 2.24) is 40.7 Å². The van der Waals surface area contributed by atoms with E-state index in [0.29, 0.717) is 42.9 Å². The van der Waals surface area contributed by atoms with E-state index < -0.39 is 12.0 Å². The first-order valence-electron chi connectivity index (χ1n) is 14.1. The monoisotopic (exact) mass is 614 g/mol. The van der Waals surface area contributed by atoms with E-state index in [1.54, 1.807) is 29.5 Å². The number of hydrogen-bond donors (Lipinski definition) is 3. The molecule has 0 fully saturated rings. The van der Waals surface area contributed by atoms with Gasteiger partial charge in [0, 0.05) is 37.8 Å². The van der Waals surface area contributed by atoms with Gasteiger partial charge in [-0.1, -0.05) is 24.4 Å². The van der Waals surface area contributed by atoms with E-state index in [0.717, 1.165) is 22.6 Å². The molecule has 0 aromatic carbocycles. The minimum Gasteiger partial charge on any atom is -0.468 e. The number of carbonyl (C=O) groups excluding carboxylic acids is 3. The fourth-order valence-corrected chi connectivity index (χ4v) is 4.61. The highest BCUT2D eigenvalue weighted by molar-refractivity contribution is 7.80. The summed E-state index contributed by atoms with van der Waals surface area (Å²) in [5.41, 5.74) is 3.82. The summed E-state index contributed by atoms with van der Waals surface area (Å²) in [6.07, 6.45) is 8.92. The smallest absolute Gasteiger partial charge is 0.325 e. The van der Waals surface area contributed by atoms with E-state index >= 15 is 0 Å². The Morgan fingerprint density at radius 1 is 0.886 bits per heavy atom. The highest BCUT2D eigenvalue weighted by atomic mass is 32.1. The third-order valence-corrected chi connectivity index (χ3v) is 6.78. The number of nitrogens with one attached hydrogen (secondary N) is 3. The second-order valence-corrected chi connectivity index (χ2v) is 10.3. The Kier molecular flexibility index (Phi) is 12.0. The van der Waals surface area contributed by atoms with E-state index in [1.807, 2.05) is 54.6 Å². The molecule has 4 aromatic heterocycles. The van der Waals surface area contributed by atoms with Crippen molar-refractivity contribution in [1.29, 1.82) is 0 Å². The summed E-state index contributed by atoms with van der Waals surface area (Å²) in [4.78, 5) is 50.4. The second kappa shape index (κ2) is 16.6. The molecule has 12 nitrogen and oxygen atoms in total. The van der Waals surface area contributed by atoms with Gasteiger partial charge < -0.3 is 20.7 Å². The fourth-order valence-electron chi connectivity index (χ4n) is 4.30. The number of aromatic nitrogens is 5. The van der Waals surface area contributed by atoms with Crippen molar-refractivity contribution >= 4 is 35.0 Å². The maximum Gasteiger partial charge on any atom is 0.325 e. The van der Waals surface area contributed by atoms with Crippen LogP contribution in [-0.2, 0) is 32.1 Å². The molecule has 228 valence electrons. The second-order valence-electron chi connectivity index (χ2n) is 9.81. The van der Waals surface area contributed by atoms with Crippen LogP contribution in [-0.4, -0.2) is 73.7 Å². The maximum absolute atomic E-state index is 12.9. The van der Waals surface area contributed by atoms with Crippen molar-refractivity contribution in [3.05, 3.63) is 84.9 Å². The molecule has 0 aliphatic heterocycles. The van der Waals surface area contributed by atoms with E-state index in [1.165, 1.54) is 7.11 Å². The predicted molar refractivity (Wildman–Crippen MR) is 168 cm³/mol. The molecule has 1 atom stereocenters. The SMILES string of the molecule is COC(=O)CNC(=O)[C@H](CCCCNC(=O)Cn1ccc(-c2ccccn2)n1)NC(=S)Cc1ccnc(-c2ccccn2)c1. The topological polar surface area (TPSA) is 153 Å². The third-order valence-electron chi connectivity index (χ3n) is 6.52. The van der Waals surface area contributed by atoms with Crippen LogP contribution in [0.15, 0.2) is 79.4 Å². The number of carbonyl (C=O) groups is 3. The van der Waals surface area contributed by atoms with E-state index in [4.69, 9.17) is 12.2 Å². The first-order chi connectivity index (χ1) is 21.4. The summed E-state index contributed by atoms with van der Waals surface area (Å²) in [5, 5.41) is 13.0. The largest absolute Gasteiger partial charge is 0.468 e. The zero-order valence-electron chi connectivity index (χ0n) is 24.3. The Balaban J connectivity index is 1.25. The van der Waals surface area contributed by atoms with Crippen LogP contribution in [0.25, 0.3) is 22.8 Å². The van der Waals surface area contributed by atoms with E-state index in [2.05, 4.69) is 40.7 Å². The molecule has 4 aromatic rings. The lowest BCUT2D eigenvalue weighted by molar-refractivity contribution is -0.141. The van der Waals surface area contributed by atoms with Gasteiger partial charge in [0.2, 0.25) is 11.8 Å². The number of thiocarbonyl (C=S) groups is 1. The van der Waals surface area contributed by atoms with Crippen molar-refractivity contribution in [2.75, 3.05) is 20.2 Å². The first kappa shape index (κ1) is 31.9. The molecule has 0 spiro atoms. The number of ether oxygens (including phenoxy) is 1. The number of methoxy groups -OCH3 is 1. The van der Waals surface area contributed by atoms with Gasteiger partial charge in [-0.3, -0.25) is 34.0 Å². The molecule has 0 unspecified atom stereocenters. The minimum absolute atomic E-state index is 0.0816. The van der Waals surface area contributed by atoms with Crippen molar-refractivity contribution in [3.63, 3.8) is 0 Å². The zero-order chi connectivity index (χ0) is 31.1. The number of nitrogens with zero attached hydrogens (tertiary/aromatic N) is 5. The molecule has 44 heavy (non-hydrogen) atoms. The van der Waals surface area contributed by atoms with Crippen molar-refractivity contribution in [2.45, 2.75) is 38.3 Å². The van der Waals surface area contributed by atoms with Gasteiger partial charge in [0.05, 0.1) is 29.2 Å². The summed E-state index contributed by atoms with van der Waals surface area (Å²) in [6.45, 7) is 0.267. The number of amides is 2. The van der Waals surface area contributed by atoms with Gasteiger partial charge in [-0.25, -0.2) is 0 Å². The molecule has 0 radical (unpaired) electrons. The first-order valence-corrected chi connectivity index (χ1v) is 14.5. The average molecular weight is 615 g/mol. The molecule has 3 N–H and O–H groups in total. The minimum atomic E-state index is -0.672. The lowest BCUT2D eigenvalue weighted by Gasteiger charge is -2.20. The summed E-state index contributed by atoms with van der Waals surface area (Å²) >= 11 is 5.59. The maximum atomic E-state index is 12.9. The number of pyridine rings is 3. The van der Waals surface area contributed by atoms with Gasteiger partial charge in [-0.05, 0) is 67.3 Å².